The quantitative estimate of drug-likeness (QED) is 0.699. The molecule has 1 aromatic carbocycles. The summed E-state index contributed by atoms with van der Waals surface area (Å²) >= 11 is 0. The summed E-state index contributed by atoms with van der Waals surface area (Å²) in [5.74, 6) is 0.550. The highest BCUT2D eigenvalue weighted by atomic mass is 16.5. The van der Waals surface area contributed by atoms with Crippen LogP contribution in [0.5, 0.6) is 0 Å². The summed E-state index contributed by atoms with van der Waals surface area (Å²) in [4.78, 5) is 4.10. The third-order valence-electron chi connectivity index (χ3n) is 1.81. The Bertz CT molecular complexity index is 421. The van der Waals surface area contributed by atoms with E-state index in [1.165, 1.54) is 0 Å². The van der Waals surface area contributed by atoms with Gasteiger partial charge in [0.15, 0.2) is 0 Å². The molecule has 0 atom stereocenters. The van der Waals surface area contributed by atoms with Crippen LogP contribution in [0.25, 0.3) is 11.4 Å². The largest absolute Gasteiger partial charge is 0.399 e. The number of nitrogen functional groups attached to an aromatic ring is 1. The van der Waals surface area contributed by atoms with E-state index in [2.05, 4.69) is 15.5 Å². The molecule has 0 radical (unpaired) electrons. The number of hydrogen-bond acceptors (Lipinski definition) is 5. The summed E-state index contributed by atoms with van der Waals surface area (Å²) < 4.78 is 4.89. The predicted octanol–water partition coefficient (Wildman–Crippen LogP) is 1.36. The Labute approximate surface area is 80.9 Å². The molecule has 0 saturated heterocycles. The molecule has 0 aliphatic carbocycles. The molecule has 0 fully saturated rings. The molecule has 0 aliphatic heterocycles. The van der Waals surface area contributed by atoms with Crippen LogP contribution in [-0.4, -0.2) is 17.2 Å². The first-order chi connectivity index (χ1) is 6.79. The van der Waals surface area contributed by atoms with Crippen molar-refractivity contribution in [2.75, 3.05) is 18.1 Å². The summed E-state index contributed by atoms with van der Waals surface area (Å²) in [7, 11) is 1.72. The zero-order chi connectivity index (χ0) is 9.97. The smallest absolute Gasteiger partial charge is 0.321 e. The molecule has 2 aromatic rings. The summed E-state index contributed by atoms with van der Waals surface area (Å²) in [6.45, 7) is 0. The molecule has 0 aliphatic rings. The minimum Gasteiger partial charge on any atom is -0.399 e. The second-order valence-corrected chi connectivity index (χ2v) is 2.80. The topological polar surface area (TPSA) is 77.0 Å². The lowest BCUT2D eigenvalue weighted by Crippen LogP contribution is -1.87. The maximum atomic E-state index is 5.56. The second kappa shape index (κ2) is 3.37. The monoisotopic (exact) mass is 190 g/mol. The van der Waals surface area contributed by atoms with Gasteiger partial charge in [-0.1, -0.05) is 5.16 Å². The first kappa shape index (κ1) is 8.55. The number of nitrogens with one attached hydrogen (secondary N) is 1. The van der Waals surface area contributed by atoms with E-state index >= 15 is 0 Å². The maximum Gasteiger partial charge on any atom is 0.321 e. The Balaban J connectivity index is 2.34. The normalized spacial score (nSPS) is 10.1. The highest BCUT2D eigenvalue weighted by molar-refractivity contribution is 5.58. The van der Waals surface area contributed by atoms with Crippen molar-refractivity contribution in [3.8, 4) is 11.4 Å². The zero-order valence-electron chi connectivity index (χ0n) is 7.69. The van der Waals surface area contributed by atoms with Gasteiger partial charge < -0.3 is 15.6 Å². The highest BCUT2D eigenvalue weighted by Gasteiger charge is 2.05. The molecule has 0 amide bonds. The highest BCUT2D eigenvalue weighted by Crippen LogP contribution is 2.18. The van der Waals surface area contributed by atoms with Crippen molar-refractivity contribution in [3.05, 3.63) is 24.3 Å². The van der Waals surface area contributed by atoms with Gasteiger partial charge in [0.05, 0.1) is 0 Å². The van der Waals surface area contributed by atoms with Crippen LogP contribution in [0.1, 0.15) is 0 Å². The van der Waals surface area contributed by atoms with Gasteiger partial charge in [-0.3, -0.25) is 0 Å². The van der Waals surface area contributed by atoms with Crippen LogP contribution < -0.4 is 11.1 Å². The molecule has 5 nitrogen and oxygen atoms in total. The molecule has 1 aromatic heterocycles. The van der Waals surface area contributed by atoms with Gasteiger partial charge in [0.25, 0.3) is 0 Å². The van der Waals surface area contributed by atoms with Crippen molar-refractivity contribution >= 4 is 11.7 Å². The van der Waals surface area contributed by atoms with Gasteiger partial charge in [-0.2, -0.15) is 4.98 Å². The van der Waals surface area contributed by atoms with Gasteiger partial charge >= 0.3 is 6.01 Å². The van der Waals surface area contributed by atoms with E-state index in [-0.39, 0.29) is 0 Å². The number of nitrogens with zero attached hydrogens (tertiary/aromatic N) is 2. The molecule has 0 unspecified atom stereocenters. The molecule has 1 heterocycles. The van der Waals surface area contributed by atoms with Gasteiger partial charge in [0, 0.05) is 18.3 Å². The molecule has 2 rings (SSSR count). The van der Waals surface area contributed by atoms with E-state index in [4.69, 9.17) is 10.3 Å². The average molecular weight is 190 g/mol. The minimum atomic E-state index is 0.400. The van der Waals surface area contributed by atoms with Gasteiger partial charge in [-0.05, 0) is 24.3 Å². The number of anilines is 2. The molecular weight excluding hydrogens is 180 g/mol. The fraction of sp³-hybridized carbons (Fsp3) is 0.111. The second-order valence-electron chi connectivity index (χ2n) is 2.80. The van der Waals surface area contributed by atoms with Gasteiger partial charge in [-0.25, -0.2) is 0 Å². The number of nitrogens with two attached hydrogens (primary N) is 1. The first-order valence-electron chi connectivity index (χ1n) is 4.17. The van der Waals surface area contributed by atoms with E-state index in [0.29, 0.717) is 17.5 Å². The predicted molar refractivity (Wildman–Crippen MR) is 53.7 cm³/mol. The molecule has 14 heavy (non-hydrogen) atoms. The fourth-order valence-electron chi connectivity index (χ4n) is 1.07. The summed E-state index contributed by atoms with van der Waals surface area (Å²) in [6.07, 6.45) is 0. The van der Waals surface area contributed by atoms with Crippen molar-refractivity contribution in [2.24, 2.45) is 0 Å². The van der Waals surface area contributed by atoms with Crippen molar-refractivity contribution in [1.82, 2.24) is 10.1 Å². The molecule has 0 saturated carbocycles. The number of rotatable bonds is 2. The molecule has 0 bridgehead atoms. The molecular formula is C9H10N4O. The number of aromatic nitrogens is 2. The van der Waals surface area contributed by atoms with E-state index < -0.39 is 0 Å². The van der Waals surface area contributed by atoms with Crippen LogP contribution >= 0.6 is 0 Å². The van der Waals surface area contributed by atoms with Crippen LogP contribution in [0.15, 0.2) is 28.8 Å². The Morgan fingerprint density at radius 3 is 2.57 bits per heavy atom. The van der Waals surface area contributed by atoms with Gasteiger partial charge in [0.1, 0.15) is 0 Å². The lowest BCUT2D eigenvalue weighted by molar-refractivity contribution is 0.434. The summed E-state index contributed by atoms with van der Waals surface area (Å²) in [5.41, 5.74) is 7.15. The fourth-order valence-corrected chi connectivity index (χ4v) is 1.07. The van der Waals surface area contributed by atoms with Crippen LogP contribution in [-0.2, 0) is 0 Å². The Kier molecular flexibility index (Phi) is 2.06. The third-order valence-corrected chi connectivity index (χ3v) is 1.81. The summed E-state index contributed by atoms with van der Waals surface area (Å²) in [6, 6.07) is 7.69. The Morgan fingerprint density at radius 2 is 2.00 bits per heavy atom. The number of benzene rings is 1. The van der Waals surface area contributed by atoms with Crippen molar-refractivity contribution in [3.63, 3.8) is 0 Å². The Morgan fingerprint density at radius 1 is 1.29 bits per heavy atom. The minimum absolute atomic E-state index is 0.400. The van der Waals surface area contributed by atoms with Gasteiger partial charge in [-0.15, -0.1) is 0 Å². The van der Waals surface area contributed by atoms with E-state index in [1.807, 2.05) is 12.1 Å². The third kappa shape index (κ3) is 1.52. The average Bonchev–Trinajstić information content (AvgIpc) is 2.67. The van der Waals surface area contributed by atoms with E-state index in [0.717, 1.165) is 5.56 Å². The van der Waals surface area contributed by atoms with Crippen molar-refractivity contribution in [2.45, 2.75) is 0 Å². The van der Waals surface area contributed by atoms with Crippen LogP contribution in [0.3, 0.4) is 0 Å². The lowest BCUT2D eigenvalue weighted by atomic mass is 10.2. The lowest BCUT2D eigenvalue weighted by Gasteiger charge is -1.94. The summed E-state index contributed by atoms with van der Waals surface area (Å²) in [5, 5.41) is 6.56. The first-order valence-corrected chi connectivity index (χ1v) is 4.17. The van der Waals surface area contributed by atoms with Crippen molar-refractivity contribution < 1.29 is 4.52 Å². The van der Waals surface area contributed by atoms with E-state index in [9.17, 15) is 0 Å². The number of hydrogen-bond donors (Lipinski definition) is 2. The molecule has 3 N–H and O–H groups in total. The maximum absolute atomic E-state index is 5.56. The standard InChI is InChI=1S/C9H10N4O/c1-11-9-12-8(13-14-9)6-2-4-7(10)5-3-6/h2-5H,10H2,1H3,(H,11,12,13). The zero-order valence-corrected chi connectivity index (χ0v) is 7.69. The van der Waals surface area contributed by atoms with Gasteiger partial charge in [0.2, 0.25) is 5.82 Å². The molecule has 5 heteroatoms. The van der Waals surface area contributed by atoms with Crippen molar-refractivity contribution in [1.29, 1.82) is 0 Å². The Hall–Kier alpha value is -2.04. The van der Waals surface area contributed by atoms with E-state index in [1.54, 1.807) is 19.2 Å². The van der Waals surface area contributed by atoms with Crippen LogP contribution in [0.2, 0.25) is 0 Å². The van der Waals surface area contributed by atoms with Crippen LogP contribution in [0.4, 0.5) is 11.7 Å². The molecule has 72 valence electrons. The molecule has 0 spiro atoms. The van der Waals surface area contributed by atoms with Crippen LogP contribution in [0, 0.1) is 0 Å². The SMILES string of the molecule is CNc1nc(-c2ccc(N)cc2)no1.